The van der Waals surface area contributed by atoms with Crippen molar-refractivity contribution in [3.8, 4) is 0 Å². The zero-order chi connectivity index (χ0) is 12.3. The summed E-state index contributed by atoms with van der Waals surface area (Å²) in [7, 11) is 0. The largest absolute Gasteiger partial charge is 0.0646 e. The van der Waals surface area contributed by atoms with Gasteiger partial charge < -0.3 is 0 Å². The van der Waals surface area contributed by atoms with Crippen molar-refractivity contribution in [3.63, 3.8) is 0 Å². The van der Waals surface area contributed by atoms with Crippen LogP contribution in [-0.4, -0.2) is 0 Å². The van der Waals surface area contributed by atoms with Crippen LogP contribution in [0, 0.1) is 12.8 Å². The predicted molar refractivity (Wildman–Crippen MR) is 73.0 cm³/mol. The van der Waals surface area contributed by atoms with Gasteiger partial charge in [-0.15, -0.1) is 0 Å². The Morgan fingerprint density at radius 1 is 1.19 bits per heavy atom. The number of hydrogen-bond donors (Lipinski definition) is 0. The fourth-order valence-electron chi connectivity index (χ4n) is 2.13. The van der Waals surface area contributed by atoms with Gasteiger partial charge in [-0.2, -0.15) is 0 Å². The highest BCUT2D eigenvalue weighted by molar-refractivity contribution is 5.37. The highest BCUT2D eigenvalue weighted by atomic mass is 14.3. The van der Waals surface area contributed by atoms with Gasteiger partial charge in [0.25, 0.3) is 0 Å². The third kappa shape index (κ3) is 3.10. The van der Waals surface area contributed by atoms with Crippen LogP contribution in [0.3, 0.4) is 0 Å². The van der Waals surface area contributed by atoms with Crippen molar-refractivity contribution < 1.29 is 0 Å². The Bertz CT molecular complexity index is 345. The second kappa shape index (κ2) is 5.03. The molecule has 0 aliphatic carbocycles. The van der Waals surface area contributed by atoms with Gasteiger partial charge in [-0.1, -0.05) is 58.4 Å². The molecule has 90 valence electrons. The maximum atomic E-state index is 2.38. The van der Waals surface area contributed by atoms with Crippen LogP contribution in [0.15, 0.2) is 18.2 Å². The Morgan fingerprint density at radius 3 is 2.31 bits per heavy atom. The van der Waals surface area contributed by atoms with E-state index in [2.05, 4.69) is 59.7 Å². The Hall–Kier alpha value is -0.780. The van der Waals surface area contributed by atoms with Crippen LogP contribution in [0.4, 0.5) is 0 Å². The normalized spacial score (nSPS) is 12.2. The molecule has 0 saturated carbocycles. The zero-order valence-corrected chi connectivity index (χ0v) is 11.7. The highest BCUT2D eigenvalue weighted by Crippen LogP contribution is 2.31. The molecule has 1 aromatic rings. The van der Waals surface area contributed by atoms with Crippen molar-refractivity contribution in [2.45, 2.75) is 59.8 Å². The van der Waals surface area contributed by atoms with Crippen molar-refractivity contribution in [2.24, 2.45) is 5.92 Å². The first-order chi connectivity index (χ1) is 7.36. The summed E-state index contributed by atoms with van der Waals surface area (Å²) >= 11 is 0. The van der Waals surface area contributed by atoms with E-state index >= 15 is 0 Å². The Labute approximate surface area is 101 Å². The van der Waals surface area contributed by atoms with Crippen LogP contribution in [0.2, 0.25) is 0 Å². The monoisotopic (exact) mass is 218 g/mol. The lowest BCUT2D eigenvalue weighted by Gasteiger charge is -2.27. The van der Waals surface area contributed by atoms with Crippen molar-refractivity contribution in [3.05, 3.63) is 34.9 Å². The molecule has 0 unspecified atom stereocenters. The minimum absolute atomic E-state index is 0.302. The van der Waals surface area contributed by atoms with Gasteiger partial charge in [-0.3, -0.25) is 0 Å². The van der Waals surface area contributed by atoms with Crippen LogP contribution in [-0.2, 0) is 11.8 Å². The van der Waals surface area contributed by atoms with Crippen molar-refractivity contribution >= 4 is 0 Å². The molecule has 16 heavy (non-hydrogen) atoms. The quantitative estimate of drug-likeness (QED) is 0.675. The van der Waals surface area contributed by atoms with Gasteiger partial charge in [0.1, 0.15) is 0 Å². The van der Waals surface area contributed by atoms with Crippen LogP contribution < -0.4 is 0 Å². The van der Waals surface area contributed by atoms with Gasteiger partial charge in [0, 0.05) is 0 Å². The summed E-state index contributed by atoms with van der Waals surface area (Å²) in [6.07, 6.45) is 2.39. The standard InChI is InChI=1S/C16H26/c1-7-16(5,6)15-11-13(4)8-9-14(15)10-12(2)3/h8-9,11-12H,7,10H2,1-6H3. The number of hydrogen-bond acceptors (Lipinski definition) is 0. The zero-order valence-electron chi connectivity index (χ0n) is 11.7. The van der Waals surface area contributed by atoms with E-state index in [1.165, 1.54) is 24.0 Å². The Balaban J connectivity index is 3.18. The third-order valence-corrected chi connectivity index (χ3v) is 3.51. The van der Waals surface area contributed by atoms with Crippen molar-refractivity contribution in [2.75, 3.05) is 0 Å². The minimum atomic E-state index is 0.302. The molecule has 0 bridgehead atoms. The summed E-state index contributed by atoms with van der Waals surface area (Å²) in [4.78, 5) is 0. The highest BCUT2D eigenvalue weighted by Gasteiger charge is 2.21. The number of aryl methyl sites for hydroxylation is 1. The third-order valence-electron chi connectivity index (χ3n) is 3.51. The second-order valence-corrected chi connectivity index (χ2v) is 6.00. The summed E-state index contributed by atoms with van der Waals surface area (Å²) in [5.74, 6) is 0.731. The predicted octanol–water partition coefficient (Wildman–Crippen LogP) is 4.88. The van der Waals surface area contributed by atoms with Crippen LogP contribution in [0.1, 0.15) is 57.7 Å². The summed E-state index contributed by atoms with van der Waals surface area (Å²) in [5.41, 5.74) is 4.76. The molecule has 0 atom stereocenters. The average molecular weight is 218 g/mol. The van der Waals surface area contributed by atoms with Gasteiger partial charge >= 0.3 is 0 Å². The summed E-state index contributed by atoms with van der Waals surface area (Å²) in [6.45, 7) is 13.8. The van der Waals surface area contributed by atoms with E-state index < -0.39 is 0 Å². The molecular weight excluding hydrogens is 192 g/mol. The molecule has 0 aliphatic heterocycles. The second-order valence-electron chi connectivity index (χ2n) is 6.00. The molecule has 0 fully saturated rings. The minimum Gasteiger partial charge on any atom is -0.0646 e. The van der Waals surface area contributed by atoms with Gasteiger partial charge in [-0.05, 0) is 42.2 Å². The van der Waals surface area contributed by atoms with E-state index in [4.69, 9.17) is 0 Å². The van der Waals surface area contributed by atoms with Crippen molar-refractivity contribution in [1.29, 1.82) is 0 Å². The molecule has 0 aliphatic rings. The molecule has 1 rings (SSSR count). The van der Waals surface area contributed by atoms with E-state index in [1.54, 1.807) is 5.56 Å². The molecule has 0 amide bonds. The van der Waals surface area contributed by atoms with E-state index in [1.807, 2.05) is 0 Å². The molecular formula is C16H26. The lowest BCUT2D eigenvalue weighted by atomic mass is 9.77. The lowest BCUT2D eigenvalue weighted by Crippen LogP contribution is -2.19. The number of rotatable bonds is 4. The molecule has 0 radical (unpaired) electrons. The first-order valence-electron chi connectivity index (χ1n) is 6.47. The van der Waals surface area contributed by atoms with E-state index in [9.17, 15) is 0 Å². The van der Waals surface area contributed by atoms with Gasteiger partial charge in [0.2, 0.25) is 0 Å². The average Bonchev–Trinajstić information content (AvgIpc) is 2.20. The summed E-state index contributed by atoms with van der Waals surface area (Å²) in [5, 5.41) is 0. The SMILES string of the molecule is CCC(C)(C)c1cc(C)ccc1CC(C)C. The van der Waals surface area contributed by atoms with E-state index in [0.717, 1.165) is 5.92 Å². The van der Waals surface area contributed by atoms with E-state index in [-0.39, 0.29) is 0 Å². The Kier molecular flexibility index (Phi) is 4.18. The van der Waals surface area contributed by atoms with Gasteiger partial charge in [0.05, 0.1) is 0 Å². The molecule has 0 aromatic heterocycles. The summed E-state index contributed by atoms with van der Waals surface area (Å²) < 4.78 is 0. The topological polar surface area (TPSA) is 0 Å². The molecule has 0 heteroatoms. The molecule has 0 saturated heterocycles. The molecule has 0 N–H and O–H groups in total. The van der Waals surface area contributed by atoms with Crippen molar-refractivity contribution in [1.82, 2.24) is 0 Å². The van der Waals surface area contributed by atoms with Crippen LogP contribution in [0.5, 0.6) is 0 Å². The molecule has 1 aromatic carbocycles. The fourth-order valence-corrected chi connectivity index (χ4v) is 2.13. The fraction of sp³-hybridized carbons (Fsp3) is 0.625. The molecule has 0 nitrogen and oxygen atoms in total. The number of benzene rings is 1. The first-order valence-corrected chi connectivity index (χ1v) is 6.47. The molecule has 0 heterocycles. The lowest BCUT2D eigenvalue weighted by molar-refractivity contribution is 0.495. The Morgan fingerprint density at radius 2 is 1.81 bits per heavy atom. The summed E-state index contributed by atoms with van der Waals surface area (Å²) in [6, 6.07) is 6.94. The van der Waals surface area contributed by atoms with Gasteiger partial charge in [0.15, 0.2) is 0 Å². The first kappa shape index (κ1) is 13.3. The maximum Gasteiger partial charge on any atom is -0.0103 e. The van der Waals surface area contributed by atoms with Crippen LogP contribution >= 0.6 is 0 Å². The van der Waals surface area contributed by atoms with E-state index in [0.29, 0.717) is 5.41 Å². The maximum absolute atomic E-state index is 2.38. The molecule has 0 spiro atoms. The smallest absolute Gasteiger partial charge is 0.0103 e. The van der Waals surface area contributed by atoms with Gasteiger partial charge in [-0.25, -0.2) is 0 Å². The van der Waals surface area contributed by atoms with Crippen LogP contribution in [0.25, 0.3) is 0 Å².